The molecule has 17 heavy (non-hydrogen) atoms. The monoisotopic (exact) mass is 240 g/mol. The SMILES string of the molecule is C#CCCCNC(=O)NCC(CCC)C(=O)O. The maximum Gasteiger partial charge on any atom is 0.314 e. The van der Waals surface area contributed by atoms with E-state index in [2.05, 4.69) is 16.6 Å². The third-order valence-electron chi connectivity index (χ3n) is 2.28. The molecule has 0 aliphatic carbocycles. The first kappa shape index (κ1) is 15.3. The summed E-state index contributed by atoms with van der Waals surface area (Å²) in [6.07, 6.45) is 7.75. The van der Waals surface area contributed by atoms with Gasteiger partial charge < -0.3 is 15.7 Å². The number of carboxylic acids is 1. The van der Waals surface area contributed by atoms with Crippen LogP contribution in [0.2, 0.25) is 0 Å². The first-order valence-corrected chi connectivity index (χ1v) is 5.79. The fourth-order valence-corrected chi connectivity index (χ4v) is 1.33. The number of carboxylic acid groups (broad SMARTS) is 1. The number of nitrogens with one attached hydrogen (secondary N) is 2. The maximum atomic E-state index is 11.3. The average Bonchev–Trinajstić information content (AvgIpc) is 2.29. The van der Waals surface area contributed by atoms with Crippen LogP contribution in [-0.4, -0.2) is 30.2 Å². The number of terminal acetylenes is 1. The minimum Gasteiger partial charge on any atom is -0.481 e. The van der Waals surface area contributed by atoms with Crippen LogP contribution >= 0.6 is 0 Å². The van der Waals surface area contributed by atoms with Gasteiger partial charge in [0, 0.05) is 19.5 Å². The van der Waals surface area contributed by atoms with E-state index in [-0.39, 0.29) is 12.6 Å². The van der Waals surface area contributed by atoms with E-state index in [1.165, 1.54) is 0 Å². The molecule has 5 nitrogen and oxygen atoms in total. The Bertz CT molecular complexity index is 284. The van der Waals surface area contributed by atoms with Gasteiger partial charge in [-0.2, -0.15) is 0 Å². The highest BCUT2D eigenvalue weighted by Crippen LogP contribution is 2.04. The lowest BCUT2D eigenvalue weighted by Gasteiger charge is -2.12. The van der Waals surface area contributed by atoms with Crippen molar-refractivity contribution in [2.24, 2.45) is 5.92 Å². The molecule has 0 aliphatic heterocycles. The highest BCUT2D eigenvalue weighted by molar-refractivity contribution is 5.75. The van der Waals surface area contributed by atoms with Crippen LogP contribution in [0.5, 0.6) is 0 Å². The number of urea groups is 1. The van der Waals surface area contributed by atoms with Gasteiger partial charge in [0.05, 0.1) is 5.92 Å². The van der Waals surface area contributed by atoms with Crippen molar-refractivity contribution in [3.63, 3.8) is 0 Å². The standard InChI is InChI=1S/C12H20N2O3/c1-3-5-6-8-13-12(17)14-9-10(7-4-2)11(15)16/h1,10H,4-9H2,2H3,(H,15,16)(H2,13,14,17). The lowest BCUT2D eigenvalue weighted by Crippen LogP contribution is -2.40. The van der Waals surface area contributed by atoms with Gasteiger partial charge in [-0.05, 0) is 12.8 Å². The van der Waals surface area contributed by atoms with Gasteiger partial charge in [-0.25, -0.2) is 4.79 Å². The normalized spacial score (nSPS) is 11.3. The van der Waals surface area contributed by atoms with Crippen molar-refractivity contribution in [3.05, 3.63) is 0 Å². The Morgan fingerprint density at radius 2 is 2.12 bits per heavy atom. The second kappa shape index (κ2) is 9.52. The molecule has 0 saturated heterocycles. The van der Waals surface area contributed by atoms with E-state index in [1.54, 1.807) is 0 Å². The van der Waals surface area contributed by atoms with Crippen LogP contribution in [0.15, 0.2) is 0 Å². The van der Waals surface area contributed by atoms with Gasteiger partial charge in [0.25, 0.3) is 0 Å². The van der Waals surface area contributed by atoms with Gasteiger partial charge in [0.1, 0.15) is 0 Å². The molecular weight excluding hydrogens is 220 g/mol. The molecule has 2 amide bonds. The molecule has 0 aromatic carbocycles. The predicted octanol–water partition coefficient (Wildman–Crippen LogP) is 1.20. The molecule has 0 rings (SSSR count). The van der Waals surface area contributed by atoms with E-state index < -0.39 is 11.9 Å². The Kier molecular flexibility index (Phi) is 8.57. The lowest BCUT2D eigenvalue weighted by molar-refractivity contribution is -0.141. The topological polar surface area (TPSA) is 78.4 Å². The fraction of sp³-hybridized carbons (Fsp3) is 0.667. The number of unbranched alkanes of at least 4 members (excludes halogenated alkanes) is 1. The van der Waals surface area contributed by atoms with Crippen molar-refractivity contribution < 1.29 is 14.7 Å². The Balaban J connectivity index is 3.73. The molecule has 0 saturated carbocycles. The van der Waals surface area contributed by atoms with Crippen molar-refractivity contribution in [1.82, 2.24) is 10.6 Å². The quantitative estimate of drug-likeness (QED) is 0.440. The number of carbonyl (C=O) groups excluding carboxylic acids is 1. The molecule has 0 heterocycles. The molecule has 1 unspecified atom stereocenters. The van der Waals surface area contributed by atoms with E-state index in [9.17, 15) is 9.59 Å². The lowest BCUT2D eigenvalue weighted by atomic mass is 10.0. The third kappa shape index (κ3) is 8.14. The van der Waals surface area contributed by atoms with Crippen molar-refractivity contribution in [2.45, 2.75) is 32.6 Å². The van der Waals surface area contributed by atoms with Crippen LogP contribution in [0.3, 0.4) is 0 Å². The fourth-order valence-electron chi connectivity index (χ4n) is 1.33. The molecule has 0 aromatic heterocycles. The van der Waals surface area contributed by atoms with Crippen molar-refractivity contribution >= 4 is 12.0 Å². The summed E-state index contributed by atoms with van der Waals surface area (Å²) >= 11 is 0. The summed E-state index contributed by atoms with van der Waals surface area (Å²) in [6, 6.07) is -0.343. The van der Waals surface area contributed by atoms with Crippen LogP contribution in [-0.2, 0) is 4.79 Å². The number of amides is 2. The molecule has 5 heteroatoms. The van der Waals surface area contributed by atoms with Gasteiger partial charge in [-0.3, -0.25) is 4.79 Å². The summed E-state index contributed by atoms with van der Waals surface area (Å²) in [7, 11) is 0. The summed E-state index contributed by atoms with van der Waals surface area (Å²) in [5.41, 5.74) is 0. The largest absolute Gasteiger partial charge is 0.481 e. The van der Waals surface area contributed by atoms with Crippen LogP contribution in [0, 0.1) is 18.3 Å². The molecule has 0 fully saturated rings. The summed E-state index contributed by atoms with van der Waals surface area (Å²) in [4.78, 5) is 22.1. The molecule has 0 spiro atoms. The molecule has 0 aromatic rings. The van der Waals surface area contributed by atoms with E-state index in [0.717, 1.165) is 12.8 Å². The molecule has 3 N–H and O–H groups in total. The number of hydrogen-bond acceptors (Lipinski definition) is 2. The second-order valence-corrected chi connectivity index (χ2v) is 3.77. The van der Waals surface area contributed by atoms with Crippen LogP contribution < -0.4 is 10.6 Å². The Morgan fingerprint density at radius 1 is 1.41 bits per heavy atom. The molecule has 0 radical (unpaired) electrons. The summed E-state index contributed by atoms with van der Waals surface area (Å²) in [6.45, 7) is 2.57. The number of carbonyl (C=O) groups is 2. The smallest absolute Gasteiger partial charge is 0.314 e. The van der Waals surface area contributed by atoms with Gasteiger partial charge in [0.15, 0.2) is 0 Å². The minimum absolute atomic E-state index is 0.157. The Morgan fingerprint density at radius 3 is 2.65 bits per heavy atom. The van der Waals surface area contributed by atoms with Gasteiger partial charge in [-0.15, -0.1) is 12.3 Å². The van der Waals surface area contributed by atoms with Crippen LogP contribution in [0.4, 0.5) is 4.79 Å². The van der Waals surface area contributed by atoms with E-state index in [4.69, 9.17) is 11.5 Å². The minimum atomic E-state index is -0.875. The zero-order valence-electron chi connectivity index (χ0n) is 10.2. The highest BCUT2D eigenvalue weighted by atomic mass is 16.4. The van der Waals surface area contributed by atoms with E-state index in [0.29, 0.717) is 19.4 Å². The van der Waals surface area contributed by atoms with Crippen molar-refractivity contribution in [2.75, 3.05) is 13.1 Å². The Hall–Kier alpha value is -1.70. The molecule has 96 valence electrons. The van der Waals surface area contributed by atoms with Gasteiger partial charge in [0.2, 0.25) is 0 Å². The van der Waals surface area contributed by atoms with E-state index in [1.807, 2.05) is 6.92 Å². The van der Waals surface area contributed by atoms with Crippen molar-refractivity contribution in [3.8, 4) is 12.3 Å². The van der Waals surface area contributed by atoms with Crippen LogP contribution in [0.1, 0.15) is 32.6 Å². The van der Waals surface area contributed by atoms with Crippen LogP contribution in [0.25, 0.3) is 0 Å². The zero-order valence-corrected chi connectivity index (χ0v) is 10.2. The first-order chi connectivity index (χ1) is 8.11. The third-order valence-corrected chi connectivity index (χ3v) is 2.28. The maximum absolute atomic E-state index is 11.3. The summed E-state index contributed by atoms with van der Waals surface area (Å²) in [5.74, 6) is 1.08. The summed E-state index contributed by atoms with van der Waals surface area (Å²) in [5, 5.41) is 14.0. The van der Waals surface area contributed by atoms with E-state index >= 15 is 0 Å². The van der Waals surface area contributed by atoms with Crippen molar-refractivity contribution in [1.29, 1.82) is 0 Å². The van der Waals surface area contributed by atoms with Gasteiger partial charge >= 0.3 is 12.0 Å². The predicted molar refractivity (Wildman–Crippen MR) is 65.5 cm³/mol. The zero-order chi connectivity index (χ0) is 13.1. The molecular formula is C12H20N2O3. The number of hydrogen-bond donors (Lipinski definition) is 3. The first-order valence-electron chi connectivity index (χ1n) is 5.79. The van der Waals surface area contributed by atoms with Gasteiger partial charge in [-0.1, -0.05) is 13.3 Å². The number of aliphatic carboxylic acids is 1. The summed E-state index contributed by atoms with van der Waals surface area (Å²) < 4.78 is 0. The molecule has 0 aliphatic rings. The Labute approximate surface area is 102 Å². The number of rotatable bonds is 8. The second-order valence-electron chi connectivity index (χ2n) is 3.77. The molecule has 1 atom stereocenters. The molecule has 0 bridgehead atoms. The average molecular weight is 240 g/mol. The highest BCUT2D eigenvalue weighted by Gasteiger charge is 2.16.